The third-order valence-corrected chi connectivity index (χ3v) is 12.1. The maximum Gasteiger partial charge on any atom is 0.235 e. The van der Waals surface area contributed by atoms with Crippen molar-refractivity contribution in [3.8, 4) is 67.5 Å². The van der Waals surface area contributed by atoms with Crippen molar-refractivity contribution in [3.05, 3.63) is 231 Å². The lowest BCUT2D eigenvalue weighted by Crippen LogP contribution is -2.04. The van der Waals surface area contributed by atoms with Crippen molar-refractivity contribution in [1.82, 2.24) is 19.1 Å². The van der Waals surface area contributed by atoms with Crippen molar-refractivity contribution in [3.63, 3.8) is 0 Å². The molecule has 0 saturated heterocycles. The molecule has 0 aliphatic carbocycles. The van der Waals surface area contributed by atoms with Crippen LogP contribution >= 0.6 is 0 Å². The molecule has 4 nitrogen and oxygen atoms in total. The van der Waals surface area contributed by atoms with Crippen LogP contribution in [0.3, 0.4) is 0 Å². The van der Waals surface area contributed by atoms with Crippen molar-refractivity contribution in [2.75, 3.05) is 0 Å². The lowest BCUT2D eigenvalue weighted by Gasteiger charge is -2.14. The number of nitrogens with zero attached hydrogens (tertiary/aromatic N) is 4. The van der Waals surface area contributed by atoms with E-state index in [9.17, 15) is 0 Å². The highest BCUT2D eigenvalue weighted by atomic mass is 15.2. The van der Waals surface area contributed by atoms with Crippen molar-refractivity contribution in [2.45, 2.75) is 0 Å². The molecule has 62 heavy (non-hydrogen) atoms. The zero-order valence-electron chi connectivity index (χ0n) is 33.7. The molecule has 3 aromatic heterocycles. The van der Waals surface area contributed by atoms with Gasteiger partial charge in [-0.1, -0.05) is 182 Å². The molecule has 0 unspecified atom stereocenters. The van der Waals surface area contributed by atoms with Gasteiger partial charge in [0, 0.05) is 38.4 Å². The molecule has 0 bridgehead atoms. The highest BCUT2D eigenvalue weighted by molar-refractivity contribution is 6.12. The van der Waals surface area contributed by atoms with Crippen LogP contribution in [-0.4, -0.2) is 19.1 Å². The van der Waals surface area contributed by atoms with Crippen LogP contribution in [0.15, 0.2) is 231 Å². The normalized spacial score (nSPS) is 11.5. The summed E-state index contributed by atoms with van der Waals surface area (Å²) in [6.07, 6.45) is 0. The zero-order chi connectivity index (χ0) is 41.0. The molecule has 0 spiro atoms. The van der Waals surface area contributed by atoms with Gasteiger partial charge in [0.2, 0.25) is 5.95 Å². The highest BCUT2D eigenvalue weighted by Crippen LogP contribution is 2.40. The van der Waals surface area contributed by atoms with Crippen molar-refractivity contribution >= 4 is 43.6 Å². The van der Waals surface area contributed by atoms with Gasteiger partial charge in [0.15, 0.2) is 0 Å². The minimum Gasteiger partial charge on any atom is -0.309 e. The van der Waals surface area contributed by atoms with E-state index in [-0.39, 0.29) is 0 Å². The number of aromatic nitrogens is 4. The average Bonchev–Trinajstić information content (AvgIpc) is 3.87. The number of benzene rings is 9. The van der Waals surface area contributed by atoms with E-state index in [0.717, 1.165) is 66.7 Å². The summed E-state index contributed by atoms with van der Waals surface area (Å²) in [5, 5.41) is 4.75. The molecule has 0 amide bonds. The first-order valence-corrected chi connectivity index (χ1v) is 21.1. The van der Waals surface area contributed by atoms with Gasteiger partial charge in [-0.15, -0.1) is 0 Å². The quantitative estimate of drug-likeness (QED) is 0.161. The second kappa shape index (κ2) is 14.7. The van der Waals surface area contributed by atoms with Crippen LogP contribution in [0.5, 0.6) is 0 Å². The molecule has 3 heterocycles. The van der Waals surface area contributed by atoms with Gasteiger partial charge in [-0.3, -0.25) is 4.57 Å². The summed E-state index contributed by atoms with van der Waals surface area (Å²) in [6, 6.07) is 82.3. The molecule has 9 aromatic carbocycles. The van der Waals surface area contributed by atoms with E-state index < -0.39 is 0 Å². The van der Waals surface area contributed by atoms with Gasteiger partial charge in [0.1, 0.15) is 0 Å². The second-order valence-corrected chi connectivity index (χ2v) is 15.8. The standard InChI is InChI=1S/C58H38N4/c1-5-17-39(18-6-1)45-33-46(40-19-7-2-8-20-40)35-47(34-45)61-54-27-15-13-25-48(54)50-31-29-43(36-56(50)61)44-30-32-51-49-26-14-16-28-55(49)62(57(51)37-44)58-59-52(41-21-9-3-10-22-41)38-53(60-58)42-23-11-4-12-24-42/h1-38H. The van der Waals surface area contributed by atoms with Gasteiger partial charge < -0.3 is 4.57 Å². The van der Waals surface area contributed by atoms with E-state index >= 15 is 0 Å². The number of hydrogen-bond acceptors (Lipinski definition) is 2. The maximum absolute atomic E-state index is 5.29. The van der Waals surface area contributed by atoms with Crippen LogP contribution < -0.4 is 0 Å². The smallest absolute Gasteiger partial charge is 0.235 e. The number of para-hydroxylation sites is 2. The monoisotopic (exact) mass is 790 g/mol. The SMILES string of the molecule is c1ccc(-c2cc(-c3ccccc3)cc(-n3c4ccccc4c4ccc(-c5ccc6c7ccccc7n(-c7nc(-c8ccccc8)cc(-c8ccccc8)n7)c6c5)cc43)c2)cc1. The zero-order valence-corrected chi connectivity index (χ0v) is 33.7. The molecule has 290 valence electrons. The summed E-state index contributed by atoms with van der Waals surface area (Å²) in [5.41, 5.74) is 16.4. The Morgan fingerprint density at radius 3 is 1.11 bits per heavy atom. The van der Waals surface area contributed by atoms with Crippen LogP contribution in [0.1, 0.15) is 0 Å². The van der Waals surface area contributed by atoms with E-state index in [1.807, 2.05) is 12.1 Å². The van der Waals surface area contributed by atoms with Gasteiger partial charge >= 0.3 is 0 Å². The van der Waals surface area contributed by atoms with Gasteiger partial charge in [-0.25, -0.2) is 9.97 Å². The number of fused-ring (bicyclic) bond motifs is 6. The van der Waals surface area contributed by atoms with Gasteiger partial charge in [-0.05, 0) is 81.9 Å². The highest BCUT2D eigenvalue weighted by Gasteiger charge is 2.19. The van der Waals surface area contributed by atoms with Crippen molar-refractivity contribution in [2.24, 2.45) is 0 Å². The van der Waals surface area contributed by atoms with E-state index in [4.69, 9.17) is 9.97 Å². The topological polar surface area (TPSA) is 35.6 Å². The van der Waals surface area contributed by atoms with E-state index in [1.165, 1.54) is 38.5 Å². The molecule has 0 fully saturated rings. The minimum atomic E-state index is 0.636. The lowest BCUT2D eigenvalue weighted by atomic mass is 9.98. The Bertz CT molecular complexity index is 3250. The molecule has 4 heteroatoms. The Morgan fingerprint density at radius 1 is 0.242 bits per heavy atom. The molecule has 0 radical (unpaired) electrons. The third-order valence-electron chi connectivity index (χ3n) is 12.1. The summed E-state index contributed by atoms with van der Waals surface area (Å²) >= 11 is 0. The fraction of sp³-hybridized carbons (Fsp3) is 0. The van der Waals surface area contributed by atoms with E-state index in [1.54, 1.807) is 0 Å². The van der Waals surface area contributed by atoms with E-state index in [2.05, 4.69) is 228 Å². The first kappa shape index (κ1) is 35.6. The molecule has 0 saturated carbocycles. The molecular formula is C58H38N4. The van der Waals surface area contributed by atoms with Crippen molar-refractivity contribution < 1.29 is 0 Å². The molecule has 0 aliphatic heterocycles. The van der Waals surface area contributed by atoms with E-state index in [0.29, 0.717) is 5.95 Å². The Labute approximate surface area is 359 Å². The number of rotatable bonds is 7. The molecular weight excluding hydrogens is 753 g/mol. The largest absolute Gasteiger partial charge is 0.309 e. The second-order valence-electron chi connectivity index (χ2n) is 15.8. The molecule has 12 aromatic rings. The summed E-state index contributed by atoms with van der Waals surface area (Å²) in [6.45, 7) is 0. The van der Waals surface area contributed by atoms with Crippen LogP contribution in [0.4, 0.5) is 0 Å². The van der Waals surface area contributed by atoms with Gasteiger partial charge in [0.25, 0.3) is 0 Å². The van der Waals surface area contributed by atoms with Gasteiger partial charge in [-0.2, -0.15) is 0 Å². The first-order chi connectivity index (χ1) is 30.7. The Kier molecular flexibility index (Phi) is 8.46. The van der Waals surface area contributed by atoms with Crippen LogP contribution in [0.25, 0.3) is 111 Å². The van der Waals surface area contributed by atoms with Gasteiger partial charge in [0.05, 0.1) is 33.5 Å². The first-order valence-electron chi connectivity index (χ1n) is 21.1. The Hall–Kier alpha value is -8.34. The van der Waals surface area contributed by atoms with Crippen LogP contribution in [0, 0.1) is 0 Å². The van der Waals surface area contributed by atoms with Crippen molar-refractivity contribution in [1.29, 1.82) is 0 Å². The fourth-order valence-electron chi connectivity index (χ4n) is 9.18. The third kappa shape index (κ3) is 6.08. The Balaban J connectivity index is 1.08. The Morgan fingerprint density at radius 2 is 0.629 bits per heavy atom. The van der Waals surface area contributed by atoms with Crippen LogP contribution in [0.2, 0.25) is 0 Å². The molecule has 12 rings (SSSR count). The molecule has 0 aliphatic rings. The summed E-state index contributed by atoms with van der Waals surface area (Å²) in [7, 11) is 0. The summed E-state index contributed by atoms with van der Waals surface area (Å²) < 4.78 is 4.68. The minimum absolute atomic E-state index is 0.636. The fourth-order valence-corrected chi connectivity index (χ4v) is 9.18. The predicted octanol–water partition coefficient (Wildman–Crippen LogP) is 15.0. The average molecular weight is 791 g/mol. The maximum atomic E-state index is 5.29. The lowest BCUT2D eigenvalue weighted by molar-refractivity contribution is 0.996. The predicted molar refractivity (Wildman–Crippen MR) is 258 cm³/mol. The number of hydrogen-bond donors (Lipinski definition) is 0. The summed E-state index contributed by atoms with van der Waals surface area (Å²) in [5.74, 6) is 0.636. The molecule has 0 atom stereocenters. The molecule has 0 N–H and O–H groups in total. The van der Waals surface area contributed by atoms with Crippen LogP contribution in [-0.2, 0) is 0 Å². The summed E-state index contributed by atoms with van der Waals surface area (Å²) in [4.78, 5) is 10.6.